The summed E-state index contributed by atoms with van der Waals surface area (Å²) >= 11 is 0. The first kappa shape index (κ1) is 33.0. The van der Waals surface area contributed by atoms with Crippen LogP contribution in [0.25, 0.3) is 55.0 Å². The topological polar surface area (TPSA) is 16.4 Å². The molecule has 0 bridgehead atoms. The van der Waals surface area contributed by atoms with Crippen LogP contribution in [0.15, 0.2) is 205 Å². The van der Waals surface area contributed by atoms with Gasteiger partial charge < -0.3 is 9.32 Å². The molecule has 0 saturated carbocycles. The predicted octanol–water partition coefficient (Wildman–Crippen LogP) is 14.9. The summed E-state index contributed by atoms with van der Waals surface area (Å²) < 4.78 is 6.91. The van der Waals surface area contributed by atoms with Gasteiger partial charge in [-0.3, -0.25) is 0 Å². The molecular formula is C56H39NO. The molecule has 1 aromatic heterocycles. The van der Waals surface area contributed by atoms with Gasteiger partial charge in [0.2, 0.25) is 0 Å². The molecule has 0 atom stereocenters. The number of furan rings is 1. The van der Waals surface area contributed by atoms with Crippen LogP contribution in [0, 0.1) is 0 Å². The van der Waals surface area contributed by atoms with Crippen molar-refractivity contribution in [2.45, 2.75) is 24.7 Å². The standard InChI is InChI=1S/C56H39NO/c1-55(2)46-28-14-12-26-45(46)52-50(34-36-18-9-10-23-40(36)53(52)55)57(49-30-17-27-44-43-25-13-16-31-51(43)58-54(44)49)39-32-33-42-41-24-11-15-29-47(41)56(48(42)35-39,37-19-5-3-6-20-37)38-21-7-4-8-22-38/h3-35H,1-2H3. The van der Waals surface area contributed by atoms with Crippen molar-refractivity contribution in [1.29, 1.82) is 0 Å². The van der Waals surface area contributed by atoms with E-state index in [2.05, 4.69) is 219 Å². The van der Waals surface area contributed by atoms with Gasteiger partial charge in [0.1, 0.15) is 5.58 Å². The summed E-state index contributed by atoms with van der Waals surface area (Å²) in [5, 5.41) is 4.73. The molecular weight excluding hydrogens is 703 g/mol. The third kappa shape index (κ3) is 4.38. The van der Waals surface area contributed by atoms with Crippen molar-refractivity contribution in [1.82, 2.24) is 0 Å². The van der Waals surface area contributed by atoms with Crippen LogP contribution in [0.3, 0.4) is 0 Å². The van der Waals surface area contributed by atoms with E-state index in [0.29, 0.717) is 0 Å². The fourth-order valence-corrected chi connectivity index (χ4v) is 10.7. The summed E-state index contributed by atoms with van der Waals surface area (Å²) in [4.78, 5) is 2.50. The second kappa shape index (κ2) is 12.2. The average molecular weight is 742 g/mol. The molecule has 0 amide bonds. The van der Waals surface area contributed by atoms with Gasteiger partial charge in [-0.1, -0.05) is 184 Å². The van der Waals surface area contributed by atoms with E-state index in [9.17, 15) is 0 Å². The van der Waals surface area contributed by atoms with Gasteiger partial charge in [0, 0.05) is 27.4 Å². The van der Waals surface area contributed by atoms with Gasteiger partial charge in [-0.15, -0.1) is 0 Å². The Morgan fingerprint density at radius 3 is 1.81 bits per heavy atom. The molecule has 0 N–H and O–H groups in total. The Kier molecular flexibility index (Phi) is 6.93. The van der Waals surface area contributed by atoms with Crippen LogP contribution >= 0.6 is 0 Å². The second-order valence-corrected chi connectivity index (χ2v) is 16.4. The Morgan fingerprint density at radius 2 is 1.03 bits per heavy atom. The SMILES string of the molecule is CC1(C)c2ccccc2-c2c(N(c3ccc4c(c3)C(c3ccccc3)(c3ccccc3)c3ccccc3-4)c3cccc4c3oc3ccccc34)cc3ccccc3c21. The first-order valence-electron chi connectivity index (χ1n) is 20.3. The number of fused-ring (bicyclic) bond motifs is 11. The number of benzene rings is 9. The maximum Gasteiger partial charge on any atom is 0.159 e. The predicted molar refractivity (Wildman–Crippen MR) is 241 cm³/mol. The molecule has 10 aromatic rings. The minimum Gasteiger partial charge on any atom is -0.454 e. The Bertz CT molecular complexity index is 3220. The van der Waals surface area contributed by atoms with Gasteiger partial charge in [-0.25, -0.2) is 0 Å². The lowest BCUT2D eigenvalue weighted by Crippen LogP contribution is -2.28. The van der Waals surface area contributed by atoms with Crippen LogP contribution in [-0.4, -0.2) is 0 Å². The molecule has 2 nitrogen and oxygen atoms in total. The molecule has 0 fully saturated rings. The maximum atomic E-state index is 6.91. The first-order chi connectivity index (χ1) is 28.5. The van der Waals surface area contributed by atoms with Crippen molar-refractivity contribution in [3.8, 4) is 22.3 Å². The average Bonchev–Trinajstić information content (AvgIpc) is 3.89. The normalized spacial score (nSPS) is 14.3. The summed E-state index contributed by atoms with van der Waals surface area (Å²) in [6.07, 6.45) is 0. The van der Waals surface area contributed by atoms with Crippen LogP contribution in [0.4, 0.5) is 17.1 Å². The van der Waals surface area contributed by atoms with E-state index in [1.165, 1.54) is 66.4 Å². The van der Waals surface area contributed by atoms with Gasteiger partial charge in [-0.05, 0) is 91.2 Å². The van der Waals surface area contributed by atoms with Crippen LogP contribution < -0.4 is 4.90 Å². The number of nitrogens with zero attached hydrogens (tertiary/aromatic N) is 1. The lowest BCUT2D eigenvalue weighted by molar-refractivity contribution is 0.666. The molecule has 9 aromatic carbocycles. The molecule has 0 spiro atoms. The molecule has 0 radical (unpaired) electrons. The Labute approximate surface area is 338 Å². The molecule has 12 rings (SSSR count). The van der Waals surface area contributed by atoms with Gasteiger partial charge in [0.25, 0.3) is 0 Å². The van der Waals surface area contributed by atoms with Crippen molar-refractivity contribution in [2.75, 3.05) is 4.90 Å². The molecule has 58 heavy (non-hydrogen) atoms. The summed E-state index contributed by atoms with van der Waals surface area (Å²) in [6, 6.07) is 73.7. The second-order valence-electron chi connectivity index (χ2n) is 16.4. The Balaban J connectivity index is 1.23. The Morgan fingerprint density at radius 1 is 0.431 bits per heavy atom. The lowest BCUT2D eigenvalue weighted by atomic mass is 9.67. The number of hydrogen-bond acceptors (Lipinski definition) is 2. The van der Waals surface area contributed by atoms with E-state index in [1.807, 2.05) is 0 Å². The van der Waals surface area contributed by atoms with Crippen molar-refractivity contribution >= 4 is 49.8 Å². The minimum absolute atomic E-state index is 0.214. The fourth-order valence-electron chi connectivity index (χ4n) is 10.7. The van der Waals surface area contributed by atoms with Crippen LogP contribution in [0.2, 0.25) is 0 Å². The third-order valence-electron chi connectivity index (χ3n) is 13.1. The molecule has 274 valence electrons. The minimum atomic E-state index is -0.540. The highest BCUT2D eigenvalue weighted by atomic mass is 16.3. The molecule has 2 heteroatoms. The van der Waals surface area contributed by atoms with Crippen molar-refractivity contribution in [3.63, 3.8) is 0 Å². The summed E-state index contributed by atoms with van der Waals surface area (Å²) in [5.41, 5.74) is 17.1. The molecule has 0 aliphatic heterocycles. The first-order valence-corrected chi connectivity index (χ1v) is 20.3. The van der Waals surface area contributed by atoms with E-state index < -0.39 is 5.41 Å². The smallest absolute Gasteiger partial charge is 0.159 e. The maximum absolute atomic E-state index is 6.91. The number of para-hydroxylation sites is 2. The van der Waals surface area contributed by atoms with E-state index in [1.54, 1.807) is 0 Å². The number of rotatable bonds is 5. The highest BCUT2D eigenvalue weighted by molar-refractivity contribution is 6.12. The van der Waals surface area contributed by atoms with Crippen molar-refractivity contribution < 1.29 is 4.42 Å². The van der Waals surface area contributed by atoms with Gasteiger partial charge in [0.15, 0.2) is 5.58 Å². The fraction of sp³-hybridized carbons (Fsp3) is 0.0714. The quantitative estimate of drug-likeness (QED) is 0.175. The highest BCUT2D eigenvalue weighted by Crippen LogP contribution is 2.60. The van der Waals surface area contributed by atoms with Gasteiger partial charge in [0.05, 0.1) is 16.8 Å². The summed E-state index contributed by atoms with van der Waals surface area (Å²) in [6.45, 7) is 4.78. The molecule has 2 aliphatic carbocycles. The van der Waals surface area contributed by atoms with E-state index in [-0.39, 0.29) is 5.41 Å². The third-order valence-corrected chi connectivity index (χ3v) is 13.1. The number of anilines is 3. The summed E-state index contributed by atoms with van der Waals surface area (Å²) in [7, 11) is 0. The van der Waals surface area contributed by atoms with Crippen LogP contribution in [-0.2, 0) is 10.8 Å². The Hall–Kier alpha value is -7.16. The van der Waals surface area contributed by atoms with E-state index in [0.717, 1.165) is 39.0 Å². The highest BCUT2D eigenvalue weighted by Gasteiger charge is 2.47. The molecule has 2 aliphatic rings. The van der Waals surface area contributed by atoms with Crippen LogP contribution in [0.1, 0.15) is 47.2 Å². The van der Waals surface area contributed by atoms with Crippen molar-refractivity contribution in [3.05, 3.63) is 234 Å². The number of hydrogen-bond donors (Lipinski definition) is 0. The monoisotopic (exact) mass is 741 g/mol. The zero-order valence-corrected chi connectivity index (χ0v) is 32.4. The molecule has 0 unspecified atom stereocenters. The molecule has 1 heterocycles. The van der Waals surface area contributed by atoms with E-state index >= 15 is 0 Å². The zero-order chi connectivity index (χ0) is 38.6. The van der Waals surface area contributed by atoms with Crippen molar-refractivity contribution in [2.24, 2.45) is 0 Å². The molecule has 0 saturated heterocycles. The van der Waals surface area contributed by atoms with Gasteiger partial charge >= 0.3 is 0 Å². The van der Waals surface area contributed by atoms with Crippen LogP contribution in [0.5, 0.6) is 0 Å². The van der Waals surface area contributed by atoms with Gasteiger partial charge in [-0.2, -0.15) is 0 Å². The zero-order valence-electron chi connectivity index (χ0n) is 32.4. The lowest BCUT2D eigenvalue weighted by Gasteiger charge is -2.35. The summed E-state index contributed by atoms with van der Waals surface area (Å²) in [5.74, 6) is 0. The largest absolute Gasteiger partial charge is 0.454 e. The van der Waals surface area contributed by atoms with E-state index in [4.69, 9.17) is 4.42 Å².